The van der Waals surface area contributed by atoms with Crippen molar-refractivity contribution in [2.75, 3.05) is 19.6 Å². The van der Waals surface area contributed by atoms with E-state index in [0.717, 1.165) is 44.6 Å². The summed E-state index contributed by atoms with van der Waals surface area (Å²) < 4.78 is 13.1. The standard InChI is InChI=1S/C14H22FN3/c1-3-14(2)11-18(6-4-5-17-14)10-12-7-13(15)9-16-8-12/h7-9,17H,3-6,10-11H2,1-2H3. The van der Waals surface area contributed by atoms with Crippen LogP contribution >= 0.6 is 0 Å². The van der Waals surface area contributed by atoms with Crippen LogP contribution in [0.4, 0.5) is 4.39 Å². The minimum absolute atomic E-state index is 0.164. The van der Waals surface area contributed by atoms with Crippen LogP contribution in [0.1, 0.15) is 32.3 Å². The molecule has 0 radical (unpaired) electrons. The van der Waals surface area contributed by atoms with Gasteiger partial charge in [0.25, 0.3) is 0 Å². The van der Waals surface area contributed by atoms with Crippen LogP contribution in [0.2, 0.25) is 0 Å². The quantitative estimate of drug-likeness (QED) is 0.892. The molecule has 0 bridgehead atoms. The van der Waals surface area contributed by atoms with E-state index in [1.807, 2.05) is 0 Å². The van der Waals surface area contributed by atoms with Gasteiger partial charge in [-0.15, -0.1) is 0 Å². The fourth-order valence-electron chi connectivity index (χ4n) is 2.49. The maximum Gasteiger partial charge on any atom is 0.141 e. The third-order valence-electron chi connectivity index (χ3n) is 3.72. The Balaban J connectivity index is 2.03. The number of hydrogen-bond donors (Lipinski definition) is 1. The predicted molar refractivity (Wildman–Crippen MR) is 70.8 cm³/mol. The van der Waals surface area contributed by atoms with Gasteiger partial charge in [-0.25, -0.2) is 4.39 Å². The molecule has 100 valence electrons. The number of hydrogen-bond acceptors (Lipinski definition) is 3. The van der Waals surface area contributed by atoms with E-state index in [2.05, 4.69) is 29.0 Å². The molecule has 0 spiro atoms. The van der Waals surface area contributed by atoms with Gasteiger partial charge >= 0.3 is 0 Å². The maximum absolute atomic E-state index is 13.1. The number of aromatic nitrogens is 1. The van der Waals surface area contributed by atoms with Crippen LogP contribution in [-0.4, -0.2) is 35.1 Å². The Morgan fingerprint density at radius 3 is 3.06 bits per heavy atom. The van der Waals surface area contributed by atoms with Crippen LogP contribution < -0.4 is 5.32 Å². The van der Waals surface area contributed by atoms with Crippen molar-refractivity contribution in [1.82, 2.24) is 15.2 Å². The molecule has 2 heterocycles. The molecule has 1 saturated heterocycles. The number of pyridine rings is 1. The summed E-state index contributed by atoms with van der Waals surface area (Å²) in [5.41, 5.74) is 1.12. The van der Waals surface area contributed by atoms with Gasteiger partial charge in [0.05, 0.1) is 6.20 Å². The van der Waals surface area contributed by atoms with Crippen molar-refractivity contribution in [1.29, 1.82) is 0 Å². The van der Waals surface area contributed by atoms with Gasteiger partial charge in [0.15, 0.2) is 0 Å². The Bertz CT molecular complexity index is 396. The second-order valence-electron chi connectivity index (χ2n) is 5.42. The summed E-state index contributed by atoms with van der Waals surface area (Å²) >= 11 is 0. The number of rotatable bonds is 3. The fourth-order valence-corrected chi connectivity index (χ4v) is 2.49. The average Bonchev–Trinajstić information content (AvgIpc) is 2.52. The van der Waals surface area contributed by atoms with E-state index < -0.39 is 0 Å². The Labute approximate surface area is 108 Å². The summed E-state index contributed by atoms with van der Waals surface area (Å²) in [6, 6.07) is 1.58. The summed E-state index contributed by atoms with van der Waals surface area (Å²) in [6.07, 6.45) is 5.25. The minimum atomic E-state index is -0.251. The molecule has 1 fully saturated rings. The molecule has 1 aromatic rings. The molecule has 1 aliphatic rings. The normalized spacial score (nSPS) is 25.9. The van der Waals surface area contributed by atoms with Crippen molar-refractivity contribution in [3.63, 3.8) is 0 Å². The number of nitrogens with one attached hydrogen (secondary N) is 1. The van der Waals surface area contributed by atoms with Gasteiger partial charge in [-0.05, 0) is 44.5 Å². The molecular weight excluding hydrogens is 229 g/mol. The number of halogens is 1. The van der Waals surface area contributed by atoms with Gasteiger partial charge in [-0.3, -0.25) is 9.88 Å². The van der Waals surface area contributed by atoms with Crippen molar-refractivity contribution in [3.05, 3.63) is 29.8 Å². The molecule has 0 aromatic carbocycles. The van der Waals surface area contributed by atoms with Crippen LogP contribution in [0.5, 0.6) is 0 Å². The first-order valence-electron chi connectivity index (χ1n) is 6.68. The minimum Gasteiger partial charge on any atom is -0.310 e. The van der Waals surface area contributed by atoms with Gasteiger partial charge in [0.2, 0.25) is 0 Å². The molecule has 0 aliphatic carbocycles. The second-order valence-corrected chi connectivity index (χ2v) is 5.42. The highest BCUT2D eigenvalue weighted by Crippen LogP contribution is 2.17. The third-order valence-corrected chi connectivity index (χ3v) is 3.72. The van der Waals surface area contributed by atoms with Crippen molar-refractivity contribution in [3.8, 4) is 0 Å². The van der Waals surface area contributed by atoms with Crippen LogP contribution in [0, 0.1) is 5.82 Å². The summed E-state index contributed by atoms with van der Waals surface area (Å²) in [4.78, 5) is 6.30. The van der Waals surface area contributed by atoms with Gasteiger partial charge in [0.1, 0.15) is 5.82 Å². The predicted octanol–water partition coefficient (Wildman–Crippen LogP) is 2.18. The van der Waals surface area contributed by atoms with E-state index in [1.165, 1.54) is 6.20 Å². The van der Waals surface area contributed by atoms with Gasteiger partial charge in [-0.1, -0.05) is 6.92 Å². The summed E-state index contributed by atoms with van der Waals surface area (Å²) in [5.74, 6) is -0.251. The zero-order valence-electron chi connectivity index (χ0n) is 11.2. The van der Waals surface area contributed by atoms with Crippen molar-refractivity contribution in [2.24, 2.45) is 0 Å². The Morgan fingerprint density at radius 2 is 2.33 bits per heavy atom. The zero-order chi connectivity index (χ0) is 13.0. The highest BCUT2D eigenvalue weighted by atomic mass is 19.1. The van der Waals surface area contributed by atoms with Gasteiger partial charge < -0.3 is 5.32 Å². The molecule has 1 atom stereocenters. The molecule has 18 heavy (non-hydrogen) atoms. The first-order chi connectivity index (χ1) is 8.61. The van der Waals surface area contributed by atoms with Gasteiger partial charge in [-0.2, -0.15) is 0 Å². The molecule has 0 saturated carbocycles. The van der Waals surface area contributed by atoms with E-state index in [-0.39, 0.29) is 11.4 Å². The average molecular weight is 251 g/mol. The van der Waals surface area contributed by atoms with Crippen LogP contribution in [0.3, 0.4) is 0 Å². The van der Waals surface area contributed by atoms with Crippen LogP contribution in [-0.2, 0) is 6.54 Å². The van der Waals surface area contributed by atoms with E-state index >= 15 is 0 Å². The Kier molecular flexibility index (Phi) is 4.30. The molecule has 1 aromatic heterocycles. The second kappa shape index (κ2) is 5.76. The molecule has 1 aliphatic heterocycles. The van der Waals surface area contributed by atoms with Crippen LogP contribution in [0.25, 0.3) is 0 Å². The highest BCUT2D eigenvalue weighted by molar-refractivity contribution is 5.10. The zero-order valence-corrected chi connectivity index (χ0v) is 11.2. The summed E-state index contributed by atoms with van der Waals surface area (Å²) in [6.45, 7) is 8.36. The molecule has 0 amide bonds. The van der Waals surface area contributed by atoms with E-state index in [0.29, 0.717) is 0 Å². The SMILES string of the molecule is CCC1(C)CN(Cc2cncc(F)c2)CCCN1. The van der Waals surface area contributed by atoms with Crippen molar-refractivity contribution >= 4 is 0 Å². The molecule has 2 rings (SSSR count). The van der Waals surface area contributed by atoms with E-state index in [4.69, 9.17) is 0 Å². The summed E-state index contributed by atoms with van der Waals surface area (Å²) in [5, 5.41) is 3.60. The fraction of sp³-hybridized carbons (Fsp3) is 0.643. The van der Waals surface area contributed by atoms with Crippen LogP contribution in [0.15, 0.2) is 18.5 Å². The summed E-state index contributed by atoms with van der Waals surface area (Å²) in [7, 11) is 0. The van der Waals surface area contributed by atoms with Crippen molar-refractivity contribution < 1.29 is 4.39 Å². The first-order valence-corrected chi connectivity index (χ1v) is 6.68. The Morgan fingerprint density at radius 1 is 1.50 bits per heavy atom. The lowest BCUT2D eigenvalue weighted by atomic mass is 9.98. The largest absolute Gasteiger partial charge is 0.310 e. The molecule has 1 N–H and O–H groups in total. The lowest BCUT2D eigenvalue weighted by Gasteiger charge is -2.32. The lowest BCUT2D eigenvalue weighted by Crippen LogP contribution is -2.48. The molecule has 4 heteroatoms. The maximum atomic E-state index is 13.1. The lowest BCUT2D eigenvalue weighted by molar-refractivity contribution is 0.208. The third kappa shape index (κ3) is 3.50. The highest BCUT2D eigenvalue weighted by Gasteiger charge is 2.26. The monoisotopic (exact) mass is 251 g/mol. The van der Waals surface area contributed by atoms with E-state index in [1.54, 1.807) is 12.3 Å². The first kappa shape index (κ1) is 13.4. The molecule has 1 unspecified atom stereocenters. The van der Waals surface area contributed by atoms with E-state index in [9.17, 15) is 4.39 Å². The molecule has 3 nitrogen and oxygen atoms in total. The number of nitrogens with zero attached hydrogens (tertiary/aromatic N) is 2. The molecular formula is C14H22FN3. The smallest absolute Gasteiger partial charge is 0.141 e. The Hall–Kier alpha value is -1.00. The van der Waals surface area contributed by atoms with Gasteiger partial charge in [0, 0.05) is 24.8 Å². The topological polar surface area (TPSA) is 28.2 Å². The van der Waals surface area contributed by atoms with Crippen molar-refractivity contribution in [2.45, 2.75) is 38.8 Å².